The Hall–Kier alpha value is -1.34. The van der Waals surface area contributed by atoms with Crippen LogP contribution in [0.3, 0.4) is 0 Å². The zero-order chi connectivity index (χ0) is 15.7. The van der Waals surface area contributed by atoms with E-state index in [0.717, 1.165) is 13.0 Å². The Balaban J connectivity index is 2.64. The molecule has 0 heterocycles. The summed E-state index contributed by atoms with van der Waals surface area (Å²) in [6.07, 6.45) is 5.67. The van der Waals surface area contributed by atoms with Crippen molar-refractivity contribution in [2.75, 3.05) is 19.8 Å². The lowest BCUT2D eigenvalue weighted by Gasteiger charge is -2.31. The summed E-state index contributed by atoms with van der Waals surface area (Å²) in [6.45, 7) is 8.44. The zero-order valence-electron chi connectivity index (χ0n) is 13.4. The van der Waals surface area contributed by atoms with E-state index < -0.39 is 6.10 Å². The van der Waals surface area contributed by atoms with Gasteiger partial charge >= 0.3 is 0 Å². The first-order valence-electron chi connectivity index (χ1n) is 7.56. The number of ether oxygens (including phenoxy) is 1. The quantitative estimate of drug-likeness (QED) is 0.560. The molecule has 3 nitrogen and oxygen atoms in total. The van der Waals surface area contributed by atoms with Gasteiger partial charge in [-0.25, -0.2) is 0 Å². The average molecular weight is 289 g/mol. The molecule has 0 aliphatic carbocycles. The Morgan fingerprint density at radius 2 is 2.10 bits per heavy atom. The molecule has 1 N–H and O–H groups in total. The van der Waals surface area contributed by atoms with Crippen molar-refractivity contribution in [2.45, 2.75) is 45.9 Å². The number of aliphatic hydroxyl groups is 1. The van der Waals surface area contributed by atoms with E-state index in [1.54, 1.807) is 0 Å². The van der Waals surface area contributed by atoms with Gasteiger partial charge in [-0.2, -0.15) is 0 Å². The van der Waals surface area contributed by atoms with Crippen molar-refractivity contribution in [2.24, 2.45) is 0 Å². The van der Waals surface area contributed by atoms with Crippen LogP contribution in [0.2, 0.25) is 0 Å². The molecule has 1 aromatic carbocycles. The van der Waals surface area contributed by atoms with Gasteiger partial charge in [-0.05, 0) is 31.4 Å². The van der Waals surface area contributed by atoms with Crippen LogP contribution in [-0.4, -0.2) is 41.9 Å². The number of rotatable bonds is 9. The monoisotopic (exact) mass is 289 g/mol. The zero-order valence-corrected chi connectivity index (χ0v) is 13.4. The highest BCUT2D eigenvalue weighted by atomic mass is 16.5. The molecule has 2 atom stereocenters. The van der Waals surface area contributed by atoms with Crippen molar-refractivity contribution in [1.29, 1.82) is 0 Å². The summed E-state index contributed by atoms with van der Waals surface area (Å²) in [6, 6.07) is 8.79. The Morgan fingerprint density at radius 1 is 1.38 bits per heavy atom. The van der Waals surface area contributed by atoms with Gasteiger partial charge in [0, 0.05) is 19.1 Å². The van der Waals surface area contributed by atoms with Crippen molar-refractivity contribution in [1.82, 2.24) is 4.90 Å². The molecular formula is C18H27NO2. The number of nitrogens with zero attached hydrogens (tertiary/aromatic N) is 1. The Labute approximate surface area is 128 Å². The minimum atomic E-state index is -0.517. The second-order valence-corrected chi connectivity index (χ2v) is 5.49. The van der Waals surface area contributed by atoms with E-state index >= 15 is 0 Å². The second kappa shape index (κ2) is 9.57. The normalized spacial score (nSPS) is 13.9. The number of terminal acetylenes is 1. The maximum Gasteiger partial charge on any atom is 0.107 e. The van der Waals surface area contributed by atoms with E-state index in [9.17, 15) is 5.11 Å². The number of benzene rings is 1. The molecule has 3 heteroatoms. The standard InChI is InChI=1S/C18H27NO2/c1-5-11-21-14-18(20)13-19(16(4)6-2)12-17-10-8-7-9-15(17)3/h1,7-10,16,18,20H,6,11-14H2,2-4H3/t16-,18-/m1/s1. The van der Waals surface area contributed by atoms with Crippen LogP contribution in [0.25, 0.3) is 0 Å². The smallest absolute Gasteiger partial charge is 0.107 e. The van der Waals surface area contributed by atoms with Crippen LogP contribution in [0.5, 0.6) is 0 Å². The van der Waals surface area contributed by atoms with Crippen LogP contribution in [0, 0.1) is 19.3 Å². The lowest BCUT2D eigenvalue weighted by atomic mass is 10.1. The highest BCUT2D eigenvalue weighted by Crippen LogP contribution is 2.14. The van der Waals surface area contributed by atoms with Gasteiger partial charge < -0.3 is 9.84 Å². The topological polar surface area (TPSA) is 32.7 Å². The minimum Gasteiger partial charge on any atom is -0.389 e. The summed E-state index contributed by atoms with van der Waals surface area (Å²) < 4.78 is 5.22. The lowest BCUT2D eigenvalue weighted by Crippen LogP contribution is -2.40. The number of aliphatic hydroxyl groups excluding tert-OH is 1. The van der Waals surface area contributed by atoms with E-state index in [4.69, 9.17) is 11.2 Å². The molecule has 0 aromatic heterocycles. The molecule has 21 heavy (non-hydrogen) atoms. The summed E-state index contributed by atoms with van der Waals surface area (Å²) in [4.78, 5) is 2.30. The fourth-order valence-electron chi connectivity index (χ4n) is 2.24. The van der Waals surface area contributed by atoms with Gasteiger partial charge in [0.05, 0.1) is 12.7 Å². The second-order valence-electron chi connectivity index (χ2n) is 5.49. The van der Waals surface area contributed by atoms with Crippen molar-refractivity contribution in [3.05, 3.63) is 35.4 Å². The fraction of sp³-hybridized carbons (Fsp3) is 0.556. The molecule has 0 fully saturated rings. The number of hydrogen-bond donors (Lipinski definition) is 1. The molecule has 0 radical (unpaired) electrons. The Kier molecular flexibility index (Phi) is 8.07. The molecule has 0 saturated carbocycles. The third kappa shape index (κ3) is 6.31. The molecule has 1 rings (SSSR count). The summed E-state index contributed by atoms with van der Waals surface area (Å²) in [5.74, 6) is 2.41. The van der Waals surface area contributed by atoms with Crippen LogP contribution >= 0.6 is 0 Å². The molecule has 1 aromatic rings. The van der Waals surface area contributed by atoms with E-state index in [1.807, 2.05) is 0 Å². The van der Waals surface area contributed by atoms with Crippen LogP contribution in [0.15, 0.2) is 24.3 Å². The predicted octanol–water partition coefficient (Wildman–Crippen LogP) is 2.61. The summed E-state index contributed by atoms with van der Waals surface area (Å²) in [5, 5.41) is 10.1. The van der Waals surface area contributed by atoms with Crippen LogP contribution in [-0.2, 0) is 11.3 Å². The van der Waals surface area contributed by atoms with Crippen molar-refractivity contribution in [3.63, 3.8) is 0 Å². The summed E-state index contributed by atoms with van der Waals surface area (Å²) in [7, 11) is 0. The first-order chi connectivity index (χ1) is 10.1. The van der Waals surface area contributed by atoms with E-state index in [1.165, 1.54) is 11.1 Å². The van der Waals surface area contributed by atoms with Gasteiger partial charge in [-0.15, -0.1) is 6.42 Å². The third-order valence-electron chi connectivity index (χ3n) is 3.79. The molecule has 0 amide bonds. The number of aryl methyl sites for hydroxylation is 1. The predicted molar refractivity (Wildman–Crippen MR) is 87.0 cm³/mol. The van der Waals surface area contributed by atoms with Crippen molar-refractivity contribution in [3.8, 4) is 12.3 Å². The van der Waals surface area contributed by atoms with Crippen LogP contribution < -0.4 is 0 Å². The Bertz CT molecular complexity index is 453. The van der Waals surface area contributed by atoms with Gasteiger partial charge in [-0.3, -0.25) is 4.90 Å². The molecule has 0 unspecified atom stereocenters. The molecule has 0 saturated heterocycles. The highest BCUT2D eigenvalue weighted by molar-refractivity contribution is 5.25. The highest BCUT2D eigenvalue weighted by Gasteiger charge is 2.17. The maximum atomic E-state index is 10.1. The molecular weight excluding hydrogens is 262 g/mol. The summed E-state index contributed by atoms with van der Waals surface area (Å²) in [5.41, 5.74) is 2.58. The lowest BCUT2D eigenvalue weighted by molar-refractivity contribution is 0.0169. The largest absolute Gasteiger partial charge is 0.389 e. The molecule has 0 aliphatic rings. The van der Waals surface area contributed by atoms with E-state index in [0.29, 0.717) is 12.6 Å². The first-order valence-corrected chi connectivity index (χ1v) is 7.56. The van der Waals surface area contributed by atoms with E-state index in [2.05, 4.69) is 55.9 Å². The SMILES string of the molecule is C#CCOC[C@H](O)CN(Cc1ccccc1C)[C@H](C)CC. The van der Waals surface area contributed by atoms with Crippen LogP contribution in [0.1, 0.15) is 31.4 Å². The summed E-state index contributed by atoms with van der Waals surface area (Å²) >= 11 is 0. The fourth-order valence-corrected chi connectivity index (χ4v) is 2.24. The van der Waals surface area contributed by atoms with Gasteiger partial charge in [0.1, 0.15) is 6.61 Å². The average Bonchev–Trinajstić information content (AvgIpc) is 2.48. The molecule has 116 valence electrons. The van der Waals surface area contributed by atoms with Crippen LogP contribution in [0.4, 0.5) is 0 Å². The molecule has 0 spiro atoms. The van der Waals surface area contributed by atoms with Gasteiger partial charge in [0.2, 0.25) is 0 Å². The number of hydrogen-bond acceptors (Lipinski definition) is 3. The van der Waals surface area contributed by atoms with Gasteiger partial charge in [0.25, 0.3) is 0 Å². The molecule has 0 aliphatic heterocycles. The minimum absolute atomic E-state index is 0.248. The van der Waals surface area contributed by atoms with Gasteiger partial charge in [0.15, 0.2) is 0 Å². The third-order valence-corrected chi connectivity index (χ3v) is 3.79. The van der Waals surface area contributed by atoms with E-state index in [-0.39, 0.29) is 13.2 Å². The van der Waals surface area contributed by atoms with Crippen molar-refractivity contribution < 1.29 is 9.84 Å². The van der Waals surface area contributed by atoms with Crippen molar-refractivity contribution >= 4 is 0 Å². The molecule has 0 bridgehead atoms. The first kappa shape index (κ1) is 17.7. The Morgan fingerprint density at radius 3 is 2.71 bits per heavy atom. The van der Waals surface area contributed by atoms with Gasteiger partial charge in [-0.1, -0.05) is 37.1 Å². The maximum absolute atomic E-state index is 10.1.